The Kier molecular flexibility index (Phi) is 17.8. The maximum atomic E-state index is 14.8. The van der Waals surface area contributed by atoms with Crippen molar-refractivity contribution in [3.8, 4) is 5.75 Å². The van der Waals surface area contributed by atoms with E-state index in [4.69, 9.17) is 10.5 Å². The fourth-order valence-electron chi connectivity index (χ4n) is 8.00. The van der Waals surface area contributed by atoms with Crippen molar-refractivity contribution in [3.63, 3.8) is 0 Å². The highest BCUT2D eigenvalue weighted by Gasteiger charge is 2.45. The summed E-state index contributed by atoms with van der Waals surface area (Å²) in [4.78, 5) is 128. The van der Waals surface area contributed by atoms with Crippen molar-refractivity contribution in [2.45, 2.75) is 113 Å². The van der Waals surface area contributed by atoms with Gasteiger partial charge in [-0.1, -0.05) is 34.1 Å². The number of nitrogens with two attached hydrogens (primary N) is 1. The summed E-state index contributed by atoms with van der Waals surface area (Å²) in [5.41, 5.74) is 6.00. The van der Waals surface area contributed by atoms with Crippen LogP contribution in [-0.2, 0) is 60.4 Å². The van der Waals surface area contributed by atoms with Gasteiger partial charge < -0.3 is 72.9 Å². The van der Waals surface area contributed by atoms with E-state index in [1.165, 1.54) is 6.92 Å². The van der Waals surface area contributed by atoms with Gasteiger partial charge in [0.15, 0.2) is 0 Å². The van der Waals surface area contributed by atoms with Gasteiger partial charge in [-0.15, -0.1) is 0 Å². The molecule has 24 nitrogen and oxygen atoms in total. The third-order valence-corrected chi connectivity index (χ3v) is 13.4. The zero-order chi connectivity index (χ0) is 49.3. The number of aliphatic hydroxyl groups is 3. The molecule has 1 saturated heterocycles. The number of ether oxygens (including phenoxy) is 1. The van der Waals surface area contributed by atoms with Crippen LogP contribution in [0.4, 0.5) is 0 Å². The van der Waals surface area contributed by atoms with Crippen LogP contribution in [0.5, 0.6) is 5.75 Å². The summed E-state index contributed by atoms with van der Waals surface area (Å²) < 4.78 is 20.6. The second-order valence-electron chi connectivity index (χ2n) is 17.0. The van der Waals surface area contributed by atoms with Crippen molar-refractivity contribution >= 4 is 74.9 Å². The van der Waals surface area contributed by atoms with Crippen LogP contribution >= 0.6 is 0 Å². The van der Waals surface area contributed by atoms with Gasteiger partial charge in [0.2, 0.25) is 53.2 Å². The fourth-order valence-corrected chi connectivity index (χ4v) is 9.40. The number of aliphatic hydroxyl groups excluding tert-OH is 3. The molecule has 0 spiro atoms. The molecule has 1 aromatic carbocycles. The first-order valence-corrected chi connectivity index (χ1v) is 23.3. The fraction of sp³-hybridized carbons (Fsp3) is 0.595. The number of fused-ring (bicyclic) bond motifs is 5. The predicted octanol–water partition coefficient (Wildman–Crippen LogP) is -4.84. The number of benzene rings is 1. The van der Waals surface area contributed by atoms with Crippen LogP contribution in [0, 0.1) is 11.8 Å². The molecule has 1 fully saturated rings. The third-order valence-electron chi connectivity index (χ3n) is 12.0. The molecule has 11 unspecified atom stereocenters. The number of H-pyrrole nitrogens is 1. The van der Waals surface area contributed by atoms with E-state index in [0.717, 1.165) is 4.90 Å². The number of carbonyl (C=O) groups is 9. The summed E-state index contributed by atoms with van der Waals surface area (Å²) >= 11 is 0. The number of primary amides is 1. The molecular formula is C42H60N10O14S. The molecule has 2 aromatic rings. The lowest BCUT2D eigenvalue weighted by Crippen LogP contribution is -2.62. The Hall–Kier alpha value is -6.18. The lowest BCUT2D eigenvalue weighted by Gasteiger charge is -2.32. The SMILES string of the molecule is CCCOc1ccc2c3c([nH]c2c1)S(=O)CC1NC(=O)CNC(=O)C(C(C)CC)NC(=O)CNC(=O)C(C3)NC(=O)C(C(C)C(O)CO)NC(=O)C2CC(O)CN2C(=O)C(CC(N)=O)NC1=O. The number of carbonyl (C=O) groups excluding carboxylic acids is 9. The van der Waals surface area contributed by atoms with Gasteiger partial charge in [-0.3, -0.25) is 47.4 Å². The average Bonchev–Trinajstić information content (AvgIpc) is 3.87. The van der Waals surface area contributed by atoms with Crippen LogP contribution in [0.1, 0.15) is 58.9 Å². The summed E-state index contributed by atoms with van der Waals surface area (Å²) in [5, 5.41) is 49.0. The van der Waals surface area contributed by atoms with E-state index in [-0.39, 0.29) is 10.6 Å². The quantitative estimate of drug-likeness (QED) is 0.106. The minimum Gasteiger partial charge on any atom is -0.494 e. The largest absolute Gasteiger partial charge is 0.494 e. The first-order valence-electron chi connectivity index (χ1n) is 22.0. The van der Waals surface area contributed by atoms with Gasteiger partial charge >= 0.3 is 0 Å². The number of hydrogen-bond donors (Lipinski definition) is 12. The van der Waals surface area contributed by atoms with Crippen molar-refractivity contribution in [3.05, 3.63) is 23.8 Å². The Morgan fingerprint density at radius 2 is 1.57 bits per heavy atom. The van der Waals surface area contributed by atoms with Crippen molar-refractivity contribution in [2.24, 2.45) is 17.6 Å². The minimum atomic E-state index is -2.35. The summed E-state index contributed by atoms with van der Waals surface area (Å²) in [7, 11) is -2.35. The average molecular weight is 961 g/mol. The molecule has 25 heteroatoms. The van der Waals surface area contributed by atoms with Crippen molar-refractivity contribution < 1.29 is 67.4 Å². The maximum absolute atomic E-state index is 14.8. The first-order chi connectivity index (χ1) is 31.8. The second kappa shape index (κ2) is 23.0. The predicted molar refractivity (Wildman–Crippen MR) is 236 cm³/mol. The van der Waals surface area contributed by atoms with Gasteiger partial charge in [0.1, 0.15) is 47.0 Å². The van der Waals surface area contributed by atoms with Gasteiger partial charge in [0.05, 0.1) is 67.0 Å². The van der Waals surface area contributed by atoms with E-state index >= 15 is 0 Å². The lowest BCUT2D eigenvalue weighted by atomic mass is 9.93. The molecule has 9 amide bonds. The molecule has 5 rings (SSSR count). The smallest absolute Gasteiger partial charge is 0.246 e. The Morgan fingerprint density at radius 1 is 0.881 bits per heavy atom. The van der Waals surface area contributed by atoms with Crippen molar-refractivity contribution in [2.75, 3.05) is 38.6 Å². The Balaban J connectivity index is 1.75. The molecule has 2 bridgehead atoms. The Labute approximate surface area is 387 Å². The van der Waals surface area contributed by atoms with E-state index in [9.17, 15) is 62.7 Å². The molecule has 3 aliphatic heterocycles. The molecule has 4 heterocycles. The summed E-state index contributed by atoms with van der Waals surface area (Å²) in [6.07, 6.45) is -3.67. The highest BCUT2D eigenvalue weighted by atomic mass is 32.2. The topological polar surface area (TPSA) is 370 Å². The molecule has 13 N–H and O–H groups in total. The van der Waals surface area contributed by atoms with Gasteiger partial charge in [-0.25, -0.2) is 0 Å². The van der Waals surface area contributed by atoms with E-state index in [1.54, 1.807) is 32.0 Å². The third kappa shape index (κ3) is 12.8. The van der Waals surface area contributed by atoms with Crippen molar-refractivity contribution in [1.29, 1.82) is 0 Å². The molecule has 0 aliphatic carbocycles. The van der Waals surface area contributed by atoms with E-state index in [0.29, 0.717) is 36.1 Å². The zero-order valence-corrected chi connectivity index (χ0v) is 38.4. The van der Waals surface area contributed by atoms with Crippen LogP contribution in [0.25, 0.3) is 10.9 Å². The summed E-state index contributed by atoms with van der Waals surface area (Å²) in [6.45, 7) is 4.09. The molecule has 1 aromatic heterocycles. The van der Waals surface area contributed by atoms with Crippen LogP contribution < -0.4 is 47.7 Å². The Bertz CT molecular complexity index is 2260. The van der Waals surface area contributed by atoms with Gasteiger partial charge in [0.25, 0.3) is 0 Å². The maximum Gasteiger partial charge on any atom is 0.246 e. The summed E-state index contributed by atoms with van der Waals surface area (Å²) in [6, 6.07) is -5.04. The highest BCUT2D eigenvalue weighted by Crippen LogP contribution is 2.30. The number of aromatic amines is 1. The highest BCUT2D eigenvalue weighted by molar-refractivity contribution is 7.85. The monoisotopic (exact) mass is 960 g/mol. The molecule has 368 valence electrons. The molecule has 0 saturated carbocycles. The zero-order valence-electron chi connectivity index (χ0n) is 37.5. The van der Waals surface area contributed by atoms with Crippen LogP contribution in [0.2, 0.25) is 0 Å². The molecule has 0 radical (unpaired) electrons. The number of hydrogen-bond acceptors (Lipinski definition) is 14. The van der Waals surface area contributed by atoms with Crippen LogP contribution in [0.3, 0.4) is 0 Å². The second-order valence-corrected chi connectivity index (χ2v) is 18.4. The normalized spacial score (nSPS) is 27.7. The first kappa shape index (κ1) is 51.8. The standard InChI is InChI=1S/C42H60N10O14S/c1-5-9-66-22-7-8-23-24-12-26-36(59)44-15-33(58)50-34(19(3)6-2)39(62)45-14-32(57)46-28(18-67(65)41(24)49-25(23)11-22)37(60)48-27(13-31(43)56)42(64)52-16-21(54)10-29(52)38(61)51-35(40(63)47-26)20(4)30(55)17-53/h7-8,11,19-21,26-30,34-35,49,53-55H,5-6,9-10,12-18H2,1-4H3,(H2,43,56)(H,44,59)(H,45,62)(H,46,57)(H,47,63)(H,48,60)(H,50,58)(H,51,61). The molecule has 3 aliphatic rings. The van der Waals surface area contributed by atoms with Crippen LogP contribution in [-0.4, -0.2) is 170 Å². The van der Waals surface area contributed by atoms with Crippen LogP contribution in [0.15, 0.2) is 23.2 Å². The van der Waals surface area contributed by atoms with Gasteiger partial charge in [-0.05, 0) is 30.0 Å². The molecule has 67 heavy (non-hydrogen) atoms. The number of rotatable bonds is 10. The van der Waals surface area contributed by atoms with E-state index in [2.05, 4.69) is 42.2 Å². The van der Waals surface area contributed by atoms with Gasteiger partial charge in [0, 0.05) is 36.8 Å². The molecule has 11 atom stereocenters. The number of aromatic nitrogens is 1. The number of amides is 9. The van der Waals surface area contributed by atoms with E-state index in [1.807, 2.05) is 6.92 Å². The number of nitrogens with zero attached hydrogens (tertiary/aromatic N) is 1. The van der Waals surface area contributed by atoms with Crippen molar-refractivity contribution in [1.82, 2.24) is 47.1 Å². The van der Waals surface area contributed by atoms with Gasteiger partial charge in [-0.2, -0.15) is 0 Å². The Morgan fingerprint density at radius 3 is 2.22 bits per heavy atom. The van der Waals surface area contributed by atoms with E-state index < -0.39 is 176 Å². The summed E-state index contributed by atoms with van der Waals surface area (Å²) in [5.74, 6) is -11.2. The minimum absolute atomic E-state index is 0.0982. The molecular weight excluding hydrogens is 901 g/mol. The lowest BCUT2D eigenvalue weighted by molar-refractivity contribution is -0.144. The number of nitrogens with one attached hydrogen (secondary N) is 8.